The third-order valence-electron chi connectivity index (χ3n) is 0.799. The van der Waals surface area contributed by atoms with Crippen molar-refractivity contribution in [2.24, 2.45) is 5.16 Å². The van der Waals surface area contributed by atoms with Crippen LogP contribution in [-0.2, 0) is 4.84 Å². The summed E-state index contributed by atoms with van der Waals surface area (Å²) in [6.45, 7) is 0. The van der Waals surface area contributed by atoms with Crippen LogP contribution in [0.3, 0.4) is 0 Å². The van der Waals surface area contributed by atoms with Crippen LogP contribution < -0.4 is 0 Å². The van der Waals surface area contributed by atoms with Crippen molar-refractivity contribution in [2.75, 3.05) is 0 Å². The van der Waals surface area contributed by atoms with E-state index in [1.165, 1.54) is 6.21 Å². The van der Waals surface area contributed by atoms with Gasteiger partial charge < -0.3 is 4.84 Å². The van der Waals surface area contributed by atoms with Crippen molar-refractivity contribution in [3.05, 3.63) is 10.1 Å². The highest BCUT2D eigenvalue weighted by Crippen LogP contribution is 2.03. The second-order valence-corrected chi connectivity index (χ2v) is 1.37. The number of nitrogens with zero attached hydrogens (tertiary/aromatic N) is 2. The van der Waals surface area contributed by atoms with Gasteiger partial charge in [0.2, 0.25) is 0 Å². The zero-order valence-electron chi connectivity index (χ0n) is 3.98. The molecule has 0 saturated carbocycles. The first-order chi connectivity index (χ1) is 3.80. The topological polar surface area (TPSA) is 64.7 Å². The van der Waals surface area contributed by atoms with Crippen LogP contribution >= 0.6 is 0 Å². The summed E-state index contributed by atoms with van der Waals surface area (Å²) in [6, 6.07) is 0. The Morgan fingerprint density at radius 2 is 2.75 bits per heavy atom. The number of oxime groups is 1. The van der Waals surface area contributed by atoms with E-state index in [0.717, 1.165) is 0 Å². The Morgan fingerprint density at radius 1 is 2.00 bits per heavy atom. The molecule has 0 aromatic rings. The second-order valence-electron chi connectivity index (χ2n) is 1.37. The third kappa shape index (κ3) is 0.749. The molecule has 0 fully saturated rings. The van der Waals surface area contributed by atoms with Crippen molar-refractivity contribution in [1.29, 1.82) is 0 Å². The van der Waals surface area contributed by atoms with Gasteiger partial charge in [-0.25, -0.2) is 0 Å². The van der Waals surface area contributed by atoms with Crippen molar-refractivity contribution in [3.8, 4) is 0 Å². The quantitative estimate of drug-likeness (QED) is 0.357. The molecule has 0 N–H and O–H groups in total. The Hall–Kier alpha value is -1.13. The third-order valence-corrected chi connectivity index (χ3v) is 0.799. The summed E-state index contributed by atoms with van der Waals surface area (Å²) in [6.07, 6.45) is 0.732. The highest BCUT2D eigenvalue weighted by atomic mass is 16.7. The molecule has 8 heavy (non-hydrogen) atoms. The van der Waals surface area contributed by atoms with E-state index in [-0.39, 0.29) is 6.42 Å². The minimum absolute atomic E-state index is 0.285. The molecule has 1 unspecified atom stereocenters. The summed E-state index contributed by atoms with van der Waals surface area (Å²) in [5.74, 6) is 0. The highest BCUT2D eigenvalue weighted by molar-refractivity contribution is 5.57. The lowest BCUT2D eigenvalue weighted by Gasteiger charge is -1.94. The smallest absolute Gasteiger partial charge is 0.322 e. The summed E-state index contributed by atoms with van der Waals surface area (Å²) in [5.41, 5.74) is 0. The van der Waals surface area contributed by atoms with E-state index < -0.39 is 11.2 Å². The highest BCUT2D eigenvalue weighted by Gasteiger charge is 2.23. The molecule has 1 aliphatic rings. The molecule has 0 radical (unpaired) electrons. The van der Waals surface area contributed by atoms with E-state index in [0.29, 0.717) is 0 Å². The van der Waals surface area contributed by atoms with Gasteiger partial charge in [0.1, 0.15) is 0 Å². The van der Waals surface area contributed by atoms with Gasteiger partial charge in [0.25, 0.3) is 0 Å². The van der Waals surface area contributed by atoms with Gasteiger partial charge >= 0.3 is 6.23 Å². The lowest BCUT2D eigenvalue weighted by molar-refractivity contribution is -0.571. The van der Waals surface area contributed by atoms with Crippen LogP contribution in [0.2, 0.25) is 0 Å². The molecular formula is C3H4N2O3. The molecule has 0 aliphatic carbocycles. The number of nitro groups is 1. The van der Waals surface area contributed by atoms with Crippen LogP contribution in [0.4, 0.5) is 0 Å². The van der Waals surface area contributed by atoms with Crippen molar-refractivity contribution in [1.82, 2.24) is 0 Å². The fourth-order valence-corrected chi connectivity index (χ4v) is 0.414. The van der Waals surface area contributed by atoms with Gasteiger partial charge in [-0.3, -0.25) is 10.1 Å². The van der Waals surface area contributed by atoms with E-state index in [4.69, 9.17) is 0 Å². The molecule has 1 aliphatic heterocycles. The van der Waals surface area contributed by atoms with Crippen molar-refractivity contribution >= 4 is 6.21 Å². The SMILES string of the molecule is O=[N+]([O-])C1CC=NO1. The summed E-state index contributed by atoms with van der Waals surface area (Å²) in [4.78, 5) is 13.6. The largest absolute Gasteiger partial charge is 0.380 e. The van der Waals surface area contributed by atoms with Crippen molar-refractivity contribution in [3.63, 3.8) is 0 Å². The van der Waals surface area contributed by atoms with Crippen molar-refractivity contribution in [2.45, 2.75) is 12.6 Å². The van der Waals surface area contributed by atoms with Crippen LogP contribution in [0.15, 0.2) is 5.16 Å². The summed E-state index contributed by atoms with van der Waals surface area (Å²) in [7, 11) is 0. The Balaban J connectivity index is 2.41. The summed E-state index contributed by atoms with van der Waals surface area (Å²) in [5, 5.41) is 13.0. The first-order valence-electron chi connectivity index (χ1n) is 2.12. The molecule has 1 atom stereocenters. The predicted octanol–water partition coefficient (Wildman–Crippen LogP) is -0.00470. The van der Waals surface area contributed by atoms with Crippen LogP contribution in [0.1, 0.15) is 6.42 Å². The minimum Gasteiger partial charge on any atom is -0.322 e. The van der Waals surface area contributed by atoms with E-state index >= 15 is 0 Å². The second kappa shape index (κ2) is 1.77. The maximum absolute atomic E-state index is 9.80. The van der Waals surface area contributed by atoms with Crippen LogP contribution in [0.5, 0.6) is 0 Å². The van der Waals surface area contributed by atoms with E-state index in [2.05, 4.69) is 9.99 Å². The number of rotatable bonds is 1. The Morgan fingerprint density at radius 3 is 3.00 bits per heavy atom. The zero-order valence-corrected chi connectivity index (χ0v) is 3.98. The maximum atomic E-state index is 9.80. The fourth-order valence-electron chi connectivity index (χ4n) is 0.414. The van der Waals surface area contributed by atoms with Gasteiger partial charge in [-0.2, -0.15) is 0 Å². The molecule has 0 amide bonds. The lowest BCUT2D eigenvalue weighted by atomic mass is 10.4. The predicted molar refractivity (Wildman–Crippen MR) is 25.0 cm³/mol. The maximum Gasteiger partial charge on any atom is 0.380 e. The van der Waals surface area contributed by atoms with Crippen LogP contribution in [0, 0.1) is 10.1 Å². The molecule has 1 rings (SSSR count). The first-order valence-corrected chi connectivity index (χ1v) is 2.12. The van der Waals surface area contributed by atoms with Gasteiger partial charge in [-0.15, -0.1) is 0 Å². The van der Waals surface area contributed by atoms with Crippen molar-refractivity contribution < 1.29 is 9.76 Å². The normalized spacial score (nSPS) is 25.2. The molecule has 5 heteroatoms. The first kappa shape index (κ1) is 5.02. The lowest BCUT2D eigenvalue weighted by Crippen LogP contribution is -2.16. The molecule has 0 spiro atoms. The number of hydrogen-bond acceptors (Lipinski definition) is 4. The summed E-state index contributed by atoms with van der Waals surface area (Å²) >= 11 is 0. The van der Waals surface area contributed by atoms with Gasteiger partial charge in [-0.1, -0.05) is 5.16 Å². The average molecular weight is 116 g/mol. The van der Waals surface area contributed by atoms with E-state index in [1.807, 2.05) is 0 Å². The van der Waals surface area contributed by atoms with Gasteiger partial charge in [0.05, 0.1) is 17.6 Å². The molecule has 44 valence electrons. The molecule has 0 aromatic heterocycles. The summed E-state index contributed by atoms with van der Waals surface area (Å²) < 4.78 is 0. The van der Waals surface area contributed by atoms with Crippen LogP contribution in [0.25, 0.3) is 0 Å². The van der Waals surface area contributed by atoms with E-state index in [9.17, 15) is 10.1 Å². The molecule has 1 heterocycles. The Labute approximate surface area is 45.1 Å². The van der Waals surface area contributed by atoms with Gasteiger partial charge in [-0.05, 0) is 0 Å². The molecule has 0 aromatic carbocycles. The van der Waals surface area contributed by atoms with Crippen LogP contribution in [-0.4, -0.2) is 17.4 Å². The monoisotopic (exact) mass is 116 g/mol. The molecule has 0 bridgehead atoms. The van der Waals surface area contributed by atoms with E-state index in [1.54, 1.807) is 0 Å². The van der Waals surface area contributed by atoms with Gasteiger partial charge in [0.15, 0.2) is 0 Å². The Bertz CT molecular complexity index is 124. The molecule has 0 saturated heterocycles. The number of hydrogen-bond donors (Lipinski definition) is 0. The molecular weight excluding hydrogens is 112 g/mol. The Kier molecular flexibility index (Phi) is 1.11. The fraction of sp³-hybridized carbons (Fsp3) is 0.667. The van der Waals surface area contributed by atoms with Gasteiger partial charge in [0, 0.05) is 0 Å². The zero-order chi connectivity index (χ0) is 5.98. The standard InChI is InChI=1S/C3H4N2O3/c6-5(7)3-1-2-4-8-3/h2-3H,1H2. The minimum atomic E-state index is -0.935. The molecule has 5 nitrogen and oxygen atoms in total. The average Bonchev–Trinajstić information content (AvgIpc) is 2.12.